The number of nitrogens with zero attached hydrogens (tertiary/aromatic N) is 4. The number of alkyl halides is 3. The van der Waals surface area contributed by atoms with E-state index in [-0.39, 0.29) is 5.69 Å². The molecule has 2 aliphatic heterocycles. The Morgan fingerprint density at radius 2 is 1.83 bits per heavy atom. The predicted octanol–water partition coefficient (Wildman–Crippen LogP) is 2.84. The molecule has 0 amide bonds. The van der Waals surface area contributed by atoms with Gasteiger partial charge >= 0.3 is 6.18 Å². The summed E-state index contributed by atoms with van der Waals surface area (Å²) in [7, 11) is 4.18. The van der Waals surface area contributed by atoms with Crippen molar-refractivity contribution < 1.29 is 13.2 Å². The van der Waals surface area contributed by atoms with Crippen molar-refractivity contribution in [2.75, 3.05) is 37.0 Å². The van der Waals surface area contributed by atoms with E-state index in [9.17, 15) is 18.0 Å². The smallest absolute Gasteiger partial charge is 0.371 e. The van der Waals surface area contributed by atoms with E-state index in [1.807, 2.05) is 23.3 Å². The van der Waals surface area contributed by atoms with E-state index in [2.05, 4.69) is 29.0 Å². The van der Waals surface area contributed by atoms with Crippen LogP contribution < -0.4 is 15.4 Å². The van der Waals surface area contributed by atoms with Crippen molar-refractivity contribution in [1.82, 2.24) is 15.1 Å². The maximum atomic E-state index is 13.5. The number of H-pyrrole nitrogens is 1. The van der Waals surface area contributed by atoms with Gasteiger partial charge in [0, 0.05) is 37.9 Å². The molecule has 6 nitrogen and oxygen atoms in total. The molecule has 0 saturated carbocycles. The van der Waals surface area contributed by atoms with Crippen LogP contribution in [0.1, 0.15) is 29.5 Å². The summed E-state index contributed by atoms with van der Waals surface area (Å²) >= 11 is 0. The van der Waals surface area contributed by atoms with Crippen LogP contribution in [0.2, 0.25) is 0 Å². The predicted molar refractivity (Wildman–Crippen MR) is 105 cm³/mol. The van der Waals surface area contributed by atoms with Gasteiger partial charge in [-0.2, -0.15) is 18.3 Å². The third kappa shape index (κ3) is 3.71. The van der Waals surface area contributed by atoms with Gasteiger partial charge in [0.15, 0.2) is 0 Å². The van der Waals surface area contributed by atoms with Gasteiger partial charge in [-0.1, -0.05) is 12.1 Å². The number of piperidine rings is 1. The van der Waals surface area contributed by atoms with Crippen LogP contribution >= 0.6 is 0 Å². The lowest BCUT2D eigenvalue weighted by Crippen LogP contribution is -2.42. The molecule has 0 unspecified atom stereocenters. The fraction of sp³-hybridized carbons (Fsp3) is 0.500. The second-order valence-corrected chi connectivity index (χ2v) is 7.91. The van der Waals surface area contributed by atoms with Gasteiger partial charge in [-0.05, 0) is 44.1 Å². The summed E-state index contributed by atoms with van der Waals surface area (Å²) in [6.45, 7) is 2.48. The first-order chi connectivity index (χ1) is 13.8. The van der Waals surface area contributed by atoms with Crippen LogP contribution in [0.15, 0.2) is 29.2 Å². The molecule has 1 aromatic heterocycles. The number of halogens is 3. The lowest BCUT2D eigenvalue weighted by Gasteiger charge is -2.37. The number of aromatic amines is 1. The molecule has 2 aliphatic rings. The quantitative estimate of drug-likeness (QED) is 0.848. The van der Waals surface area contributed by atoms with Crippen molar-refractivity contribution in [3.63, 3.8) is 0 Å². The number of fused-ring (bicyclic) bond motifs is 1. The number of hydrogen-bond donors (Lipinski definition) is 1. The maximum absolute atomic E-state index is 13.5. The van der Waals surface area contributed by atoms with Crippen LogP contribution in [0.5, 0.6) is 0 Å². The summed E-state index contributed by atoms with van der Waals surface area (Å²) in [6, 6.07) is 6.49. The molecule has 0 aliphatic carbocycles. The van der Waals surface area contributed by atoms with Crippen molar-refractivity contribution in [2.24, 2.45) is 0 Å². The molecule has 1 aromatic carbocycles. The lowest BCUT2D eigenvalue weighted by atomic mass is 10.0. The monoisotopic (exact) mass is 407 g/mol. The maximum Gasteiger partial charge on any atom is 0.423 e. The van der Waals surface area contributed by atoms with Crippen LogP contribution in [-0.4, -0.2) is 48.3 Å². The Labute approximate surface area is 166 Å². The second kappa shape index (κ2) is 7.37. The minimum absolute atomic E-state index is 0.172. The third-order valence-electron chi connectivity index (χ3n) is 5.95. The zero-order valence-corrected chi connectivity index (χ0v) is 16.5. The molecule has 0 radical (unpaired) electrons. The molecule has 29 heavy (non-hydrogen) atoms. The van der Waals surface area contributed by atoms with Gasteiger partial charge in [0.25, 0.3) is 5.56 Å². The van der Waals surface area contributed by atoms with Crippen LogP contribution in [0, 0.1) is 0 Å². The average Bonchev–Trinajstić information content (AvgIpc) is 3.11. The second-order valence-electron chi connectivity index (χ2n) is 7.91. The van der Waals surface area contributed by atoms with E-state index < -0.39 is 17.3 Å². The Bertz CT molecular complexity index is 948. The molecular weight excluding hydrogens is 383 g/mol. The largest absolute Gasteiger partial charge is 0.423 e. The Hall–Kier alpha value is -2.55. The summed E-state index contributed by atoms with van der Waals surface area (Å²) in [4.78, 5) is 18.0. The topological polar surface area (TPSA) is 55.5 Å². The summed E-state index contributed by atoms with van der Waals surface area (Å²) in [5, 5.41) is 5.51. The van der Waals surface area contributed by atoms with E-state index >= 15 is 0 Å². The normalized spacial score (nSPS) is 17.9. The first-order valence-corrected chi connectivity index (χ1v) is 9.67. The number of nitrogens with one attached hydrogen (secondary N) is 1. The molecule has 156 valence electrons. The molecular formula is C20H24F3N5O. The zero-order valence-electron chi connectivity index (χ0n) is 16.5. The third-order valence-corrected chi connectivity index (χ3v) is 5.95. The van der Waals surface area contributed by atoms with Gasteiger partial charge in [-0.3, -0.25) is 4.79 Å². The van der Waals surface area contributed by atoms with E-state index in [0.29, 0.717) is 19.1 Å². The number of rotatable bonds is 3. The van der Waals surface area contributed by atoms with Crippen molar-refractivity contribution in [2.45, 2.75) is 38.1 Å². The number of hydrogen-bond acceptors (Lipinski definition) is 5. The number of anilines is 2. The fourth-order valence-corrected chi connectivity index (χ4v) is 4.40. The molecule has 4 rings (SSSR count). The highest BCUT2D eigenvalue weighted by molar-refractivity contribution is 5.64. The molecule has 3 heterocycles. The van der Waals surface area contributed by atoms with Crippen molar-refractivity contribution in [1.29, 1.82) is 0 Å². The Balaban J connectivity index is 1.62. The van der Waals surface area contributed by atoms with Gasteiger partial charge in [0.2, 0.25) is 0 Å². The molecule has 0 spiro atoms. The van der Waals surface area contributed by atoms with Crippen LogP contribution in [-0.2, 0) is 19.3 Å². The minimum Gasteiger partial charge on any atom is -0.371 e. The summed E-state index contributed by atoms with van der Waals surface area (Å²) in [5.41, 5.74) is 0.531. The van der Waals surface area contributed by atoms with Crippen molar-refractivity contribution >= 4 is 11.4 Å². The van der Waals surface area contributed by atoms with E-state index in [4.69, 9.17) is 0 Å². The molecule has 1 fully saturated rings. The Morgan fingerprint density at radius 1 is 1.10 bits per heavy atom. The first kappa shape index (κ1) is 19.8. The number of benzene rings is 1. The average molecular weight is 407 g/mol. The van der Waals surface area contributed by atoms with Gasteiger partial charge in [-0.15, -0.1) is 0 Å². The van der Waals surface area contributed by atoms with E-state index in [1.165, 1.54) is 0 Å². The SMILES string of the molecule is CN(C)C1CCN(c2cccc3c2CN(c2cn[nH]c(=O)c2C(F)(F)F)C3)CC1. The molecule has 9 heteroatoms. The van der Waals surface area contributed by atoms with Crippen LogP contribution in [0.25, 0.3) is 0 Å². The van der Waals surface area contributed by atoms with E-state index in [0.717, 1.165) is 48.9 Å². The molecule has 0 bridgehead atoms. The minimum atomic E-state index is -4.74. The van der Waals surface area contributed by atoms with Gasteiger partial charge in [-0.25, -0.2) is 5.10 Å². The summed E-state index contributed by atoms with van der Waals surface area (Å²) in [6.07, 6.45) is -1.54. The molecule has 1 saturated heterocycles. The van der Waals surface area contributed by atoms with Crippen LogP contribution in [0.4, 0.5) is 24.5 Å². The lowest BCUT2D eigenvalue weighted by molar-refractivity contribution is -0.138. The molecule has 2 aromatic rings. The Kier molecular flexibility index (Phi) is 5.02. The van der Waals surface area contributed by atoms with E-state index in [1.54, 1.807) is 4.90 Å². The van der Waals surface area contributed by atoms with Crippen molar-refractivity contribution in [3.05, 3.63) is 51.4 Å². The van der Waals surface area contributed by atoms with Crippen molar-refractivity contribution in [3.8, 4) is 0 Å². The fourth-order valence-electron chi connectivity index (χ4n) is 4.40. The highest BCUT2D eigenvalue weighted by Gasteiger charge is 2.40. The van der Waals surface area contributed by atoms with Gasteiger partial charge in [0.05, 0.1) is 11.9 Å². The summed E-state index contributed by atoms with van der Waals surface area (Å²) in [5.74, 6) is 0. The molecule has 0 atom stereocenters. The van der Waals surface area contributed by atoms with Crippen LogP contribution in [0.3, 0.4) is 0 Å². The first-order valence-electron chi connectivity index (χ1n) is 9.67. The standard InChI is InChI=1S/C20H24F3N5O/c1-26(2)14-6-8-27(9-7-14)16-5-3-4-13-11-28(12-15(13)16)17-10-24-25-19(29)18(17)20(21,22)23/h3-5,10,14H,6-9,11-12H2,1-2H3,(H,25,29). The highest BCUT2D eigenvalue weighted by atomic mass is 19.4. The highest BCUT2D eigenvalue weighted by Crippen LogP contribution is 2.39. The number of aromatic nitrogens is 2. The molecule has 1 N–H and O–H groups in total. The zero-order chi connectivity index (χ0) is 20.8. The van der Waals surface area contributed by atoms with Gasteiger partial charge in [0.1, 0.15) is 5.56 Å². The Morgan fingerprint density at radius 3 is 2.48 bits per heavy atom. The van der Waals surface area contributed by atoms with Gasteiger partial charge < -0.3 is 14.7 Å². The summed E-state index contributed by atoms with van der Waals surface area (Å²) < 4.78 is 40.4.